The zero-order valence-corrected chi connectivity index (χ0v) is 10.5. The standard InChI is InChI=1S/C15H17NO/c1-15(2,3)12-9-10-14(17)16(11-12)13-7-5-4-6-8-13/h4-11H,1-3H3. The summed E-state index contributed by atoms with van der Waals surface area (Å²) >= 11 is 0. The van der Waals surface area contributed by atoms with Crippen LogP contribution in [-0.4, -0.2) is 4.57 Å². The van der Waals surface area contributed by atoms with Crippen LogP contribution in [0.4, 0.5) is 0 Å². The molecule has 0 amide bonds. The van der Waals surface area contributed by atoms with E-state index in [9.17, 15) is 4.79 Å². The van der Waals surface area contributed by atoms with Crippen LogP contribution < -0.4 is 5.56 Å². The fraction of sp³-hybridized carbons (Fsp3) is 0.267. The van der Waals surface area contributed by atoms with Gasteiger partial charge in [-0.15, -0.1) is 0 Å². The minimum Gasteiger partial charge on any atom is -0.284 e. The Morgan fingerprint density at radius 3 is 2.18 bits per heavy atom. The van der Waals surface area contributed by atoms with Gasteiger partial charge in [0.25, 0.3) is 5.56 Å². The summed E-state index contributed by atoms with van der Waals surface area (Å²) in [5.74, 6) is 0. The second-order valence-electron chi connectivity index (χ2n) is 5.21. The SMILES string of the molecule is CC(C)(C)c1ccc(=O)n(-c2ccccc2)c1. The molecule has 2 nitrogen and oxygen atoms in total. The first-order chi connectivity index (χ1) is 7.98. The van der Waals surface area contributed by atoms with Crippen LogP contribution in [0.25, 0.3) is 5.69 Å². The average molecular weight is 227 g/mol. The van der Waals surface area contributed by atoms with E-state index in [0.29, 0.717) is 0 Å². The molecule has 0 aliphatic carbocycles. The van der Waals surface area contributed by atoms with Crippen molar-refractivity contribution in [2.45, 2.75) is 26.2 Å². The Kier molecular flexibility index (Phi) is 2.88. The number of nitrogens with zero attached hydrogens (tertiary/aromatic N) is 1. The van der Waals surface area contributed by atoms with E-state index in [0.717, 1.165) is 11.3 Å². The quantitative estimate of drug-likeness (QED) is 0.733. The Morgan fingerprint density at radius 1 is 0.941 bits per heavy atom. The maximum atomic E-state index is 11.9. The number of benzene rings is 1. The summed E-state index contributed by atoms with van der Waals surface area (Å²) < 4.78 is 1.70. The molecule has 0 fully saturated rings. The number of pyridine rings is 1. The maximum absolute atomic E-state index is 11.9. The second kappa shape index (κ2) is 4.21. The molecule has 0 aliphatic rings. The molecule has 0 aliphatic heterocycles. The van der Waals surface area contributed by atoms with E-state index in [1.807, 2.05) is 42.6 Å². The van der Waals surface area contributed by atoms with Crippen molar-refractivity contribution in [2.24, 2.45) is 0 Å². The molecular weight excluding hydrogens is 210 g/mol. The second-order valence-corrected chi connectivity index (χ2v) is 5.21. The number of rotatable bonds is 1. The van der Waals surface area contributed by atoms with E-state index >= 15 is 0 Å². The predicted octanol–water partition coefficient (Wildman–Crippen LogP) is 3.14. The third-order valence-corrected chi connectivity index (χ3v) is 2.81. The molecule has 0 saturated carbocycles. The van der Waals surface area contributed by atoms with Gasteiger partial charge in [0.05, 0.1) is 0 Å². The van der Waals surface area contributed by atoms with Crippen molar-refractivity contribution in [3.63, 3.8) is 0 Å². The molecule has 0 bridgehead atoms. The minimum absolute atomic E-state index is 0.00389. The third kappa shape index (κ3) is 2.47. The Hall–Kier alpha value is -1.83. The lowest BCUT2D eigenvalue weighted by Gasteiger charge is -2.20. The van der Waals surface area contributed by atoms with E-state index in [2.05, 4.69) is 20.8 Å². The van der Waals surface area contributed by atoms with Gasteiger partial charge in [-0.25, -0.2) is 0 Å². The van der Waals surface area contributed by atoms with Crippen molar-refractivity contribution in [1.29, 1.82) is 0 Å². The maximum Gasteiger partial charge on any atom is 0.255 e. The lowest BCUT2D eigenvalue weighted by atomic mass is 9.88. The van der Waals surface area contributed by atoms with Gasteiger partial charge in [-0.1, -0.05) is 45.0 Å². The van der Waals surface area contributed by atoms with Crippen LogP contribution in [0.15, 0.2) is 53.5 Å². The predicted molar refractivity (Wildman–Crippen MR) is 70.7 cm³/mol. The lowest BCUT2D eigenvalue weighted by Crippen LogP contribution is -2.21. The molecule has 0 radical (unpaired) electrons. The van der Waals surface area contributed by atoms with Crippen molar-refractivity contribution in [3.05, 3.63) is 64.6 Å². The Balaban J connectivity index is 2.59. The van der Waals surface area contributed by atoms with Gasteiger partial charge in [-0.2, -0.15) is 0 Å². The van der Waals surface area contributed by atoms with Gasteiger partial charge < -0.3 is 0 Å². The Morgan fingerprint density at radius 2 is 1.59 bits per heavy atom. The molecule has 0 unspecified atom stereocenters. The van der Waals surface area contributed by atoms with Crippen LogP contribution in [0.3, 0.4) is 0 Å². The van der Waals surface area contributed by atoms with Crippen LogP contribution in [-0.2, 0) is 5.41 Å². The molecular formula is C15H17NO. The number of hydrogen-bond acceptors (Lipinski definition) is 1. The van der Waals surface area contributed by atoms with Crippen molar-refractivity contribution in [3.8, 4) is 5.69 Å². The fourth-order valence-corrected chi connectivity index (χ4v) is 1.72. The number of para-hydroxylation sites is 1. The molecule has 0 N–H and O–H groups in total. The van der Waals surface area contributed by atoms with Crippen LogP contribution in [0.5, 0.6) is 0 Å². The highest BCUT2D eigenvalue weighted by atomic mass is 16.1. The van der Waals surface area contributed by atoms with E-state index in [1.165, 1.54) is 0 Å². The molecule has 0 saturated heterocycles. The molecule has 17 heavy (non-hydrogen) atoms. The molecule has 0 spiro atoms. The highest BCUT2D eigenvalue weighted by molar-refractivity contribution is 5.33. The molecule has 2 rings (SSSR count). The van der Waals surface area contributed by atoms with Crippen molar-refractivity contribution in [2.75, 3.05) is 0 Å². The van der Waals surface area contributed by atoms with Crippen molar-refractivity contribution in [1.82, 2.24) is 4.57 Å². The zero-order valence-electron chi connectivity index (χ0n) is 10.5. The first kappa shape index (κ1) is 11.6. The Labute approximate surface area is 102 Å². The highest BCUT2D eigenvalue weighted by Gasteiger charge is 2.14. The summed E-state index contributed by atoms with van der Waals surface area (Å²) in [6, 6.07) is 13.2. The summed E-state index contributed by atoms with van der Waals surface area (Å²) in [7, 11) is 0. The van der Waals surface area contributed by atoms with Crippen molar-refractivity contribution < 1.29 is 0 Å². The van der Waals surface area contributed by atoms with Gasteiger partial charge in [0.15, 0.2) is 0 Å². The van der Waals surface area contributed by atoms with Gasteiger partial charge in [0.1, 0.15) is 0 Å². The molecule has 1 aromatic carbocycles. The molecule has 2 heteroatoms. The molecule has 1 heterocycles. The Bertz CT molecular complexity index is 561. The third-order valence-electron chi connectivity index (χ3n) is 2.81. The first-order valence-electron chi connectivity index (χ1n) is 5.77. The van der Waals surface area contributed by atoms with Gasteiger partial charge in [-0.3, -0.25) is 9.36 Å². The molecule has 88 valence electrons. The normalized spacial score (nSPS) is 11.5. The van der Waals surface area contributed by atoms with Gasteiger partial charge in [0, 0.05) is 18.0 Å². The van der Waals surface area contributed by atoms with Crippen LogP contribution in [0, 0.1) is 0 Å². The van der Waals surface area contributed by atoms with Gasteiger partial charge in [0.2, 0.25) is 0 Å². The van der Waals surface area contributed by atoms with Crippen LogP contribution in [0.1, 0.15) is 26.3 Å². The summed E-state index contributed by atoms with van der Waals surface area (Å²) in [4.78, 5) is 11.9. The largest absolute Gasteiger partial charge is 0.284 e. The molecule has 2 aromatic rings. The summed E-state index contributed by atoms with van der Waals surface area (Å²) in [6.07, 6.45) is 1.93. The molecule has 0 atom stereocenters. The summed E-state index contributed by atoms with van der Waals surface area (Å²) in [5.41, 5.74) is 2.11. The van der Waals surface area contributed by atoms with E-state index < -0.39 is 0 Å². The fourth-order valence-electron chi connectivity index (χ4n) is 1.72. The van der Waals surface area contributed by atoms with Gasteiger partial charge >= 0.3 is 0 Å². The van der Waals surface area contributed by atoms with Crippen molar-refractivity contribution >= 4 is 0 Å². The van der Waals surface area contributed by atoms with E-state index in [1.54, 1.807) is 10.6 Å². The number of aromatic nitrogens is 1. The van der Waals surface area contributed by atoms with E-state index in [4.69, 9.17) is 0 Å². The lowest BCUT2D eigenvalue weighted by molar-refractivity contribution is 0.584. The first-order valence-corrected chi connectivity index (χ1v) is 5.77. The zero-order chi connectivity index (χ0) is 12.5. The van der Waals surface area contributed by atoms with Crippen LogP contribution in [0.2, 0.25) is 0 Å². The topological polar surface area (TPSA) is 22.0 Å². The summed E-state index contributed by atoms with van der Waals surface area (Å²) in [5, 5.41) is 0. The highest BCUT2D eigenvalue weighted by Crippen LogP contribution is 2.21. The smallest absolute Gasteiger partial charge is 0.255 e. The number of hydrogen-bond donors (Lipinski definition) is 0. The molecule has 1 aromatic heterocycles. The minimum atomic E-state index is 0.00389. The average Bonchev–Trinajstić information content (AvgIpc) is 2.29. The van der Waals surface area contributed by atoms with Crippen LogP contribution >= 0.6 is 0 Å². The summed E-state index contributed by atoms with van der Waals surface area (Å²) in [6.45, 7) is 6.42. The monoisotopic (exact) mass is 227 g/mol. The van der Waals surface area contributed by atoms with Gasteiger partial charge in [-0.05, 0) is 23.1 Å². The van der Waals surface area contributed by atoms with E-state index in [-0.39, 0.29) is 11.0 Å².